The van der Waals surface area contributed by atoms with Crippen molar-refractivity contribution in [1.82, 2.24) is 20.5 Å². The van der Waals surface area contributed by atoms with Gasteiger partial charge in [-0.1, -0.05) is 18.2 Å². The topological polar surface area (TPSA) is 74.9 Å². The van der Waals surface area contributed by atoms with Crippen LogP contribution in [0.4, 0.5) is 0 Å². The van der Waals surface area contributed by atoms with E-state index in [4.69, 9.17) is 14.1 Å². The van der Waals surface area contributed by atoms with Crippen molar-refractivity contribution >= 4 is 5.96 Å². The number of benzene rings is 1. The first kappa shape index (κ1) is 22.3. The summed E-state index contributed by atoms with van der Waals surface area (Å²) >= 11 is 0. The number of morpholine rings is 1. The Balaban J connectivity index is 1.60. The Kier molecular flexibility index (Phi) is 7.50. The van der Waals surface area contributed by atoms with E-state index in [2.05, 4.69) is 55.1 Å². The summed E-state index contributed by atoms with van der Waals surface area (Å²) in [7, 11) is 0. The number of aromatic nitrogens is 1. The molecule has 7 heteroatoms. The number of hydrogen-bond donors (Lipinski definition) is 2. The van der Waals surface area contributed by atoms with Crippen LogP contribution in [0, 0.1) is 0 Å². The fourth-order valence-corrected chi connectivity index (χ4v) is 3.68. The molecular weight excluding hydrogens is 378 g/mol. The lowest BCUT2D eigenvalue weighted by Crippen LogP contribution is -2.59. The van der Waals surface area contributed by atoms with Crippen LogP contribution in [-0.4, -0.2) is 59.8 Å². The van der Waals surface area contributed by atoms with E-state index in [1.807, 2.05) is 30.3 Å². The molecule has 0 saturated carbocycles. The third-order valence-electron chi connectivity index (χ3n) is 5.28. The van der Waals surface area contributed by atoms with E-state index in [1.54, 1.807) is 6.26 Å². The number of hydrogen-bond acceptors (Lipinski definition) is 5. The lowest BCUT2D eigenvalue weighted by atomic mass is 10.00. The van der Waals surface area contributed by atoms with E-state index in [0.717, 1.165) is 43.4 Å². The first-order chi connectivity index (χ1) is 14.4. The van der Waals surface area contributed by atoms with Crippen molar-refractivity contribution < 1.29 is 9.15 Å². The van der Waals surface area contributed by atoms with Gasteiger partial charge in [0.15, 0.2) is 5.96 Å². The second-order valence-corrected chi connectivity index (χ2v) is 8.53. The van der Waals surface area contributed by atoms with Gasteiger partial charge in [0.05, 0.1) is 18.8 Å². The zero-order valence-corrected chi connectivity index (χ0v) is 18.8. The third-order valence-corrected chi connectivity index (χ3v) is 5.28. The smallest absolute Gasteiger partial charge is 0.226 e. The molecule has 2 N–H and O–H groups in total. The van der Waals surface area contributed by atoms with Crippen molar-refractivity contribution in [2.75, 3.05) is 26.2 Å². The number of rotatable bonds is 7. The summed E-state index contributed by atoms with van der Waals surface area (Å²) in [4.78, 5) is 11.7. The fraction of sp³-hybridized carbons (Fsp3) is 0.565. The lowest BCUT2D eigenvalue weighted by molar-refractivity contribution is -0.0946. The van der Waals surface area contributed by atoms with Crippen LogP contribution in [0.3, 0.4) is 0 Å². The Bertz CT molecular complexity index is 808. The van der Waals surface area contributed by atoms with Crippen LogP contribution in [0.5, 0.6) is 0 Å². The summed E-state index contributed by atoms with van der Waals surface area (Å²) in [5, 5.41) is 6.82. The highest BCUT2D eigenvalue weighted by Gasteiger charge is 2.33. The molecule has 1 fully saturated rings. The molecule has 1 aromatic carbocycles. The molecule has 2 heterocycles. The van der Waals surface area contributed by atoms with Gasteiger partial charge in [0.25, 0.3) is 0 Å². The first-order valence-corrected chi connectivity index (χ1v) is 10.8. The number of guanidine groups is 1. The molecule has 1 saturated heterocycles. The second kappa shape index (κ2) is 10.1. The molecule has 2 unspecified atom stereocenters. The quantitative estimate of drug-likeness (QED) is 0.536. The summed E-state index contributed by atoms with van der Waals surface area (Å²) in [6, 6.07) is 9.90. The number of oxazole rings is 1. The third kappa shape index (κ3) is 6.06. The highest BCUT2D eigenvalue weighted by atomic mass is 16.5. The molecule has 0 aliphatic carbocycles. The van der Waals surface area contributed by atoms with Gasteiger partial charge in [0, 0.05) is 37.3 Å². The average molecular weight is 414 g/mol. The number of ether oxygens (including phenoxy) is 1. The Morgan fingerprint density at radius 1 is 1.17 bits per heavy atom. The van der Waals surface area contributed by atoms with Crippen molar-refractivity contribution in [2.45, 2.75) is 58.9 Å². The minimum atomic E-state index is -0.0170. The van der Waals surface area contributed by atoms with Gasteiger partial charge in [0.1, 0.15) is 12.0 Å². The molecule has 7 nitrogen and oxygen atoms in total. The maximum atomic E-state index is 5.88. The molecular formula is C23H35N5O2. The summed E-state index contributed by atoms with van der Waals surface area (Å²) < 4.78 is 11.5. The van der Waals surface area contributed by atoms with Gasteiger partial charge in [-0.05, 0) is 46.8 Å². The molecule has 1 aliphatic rings. The highest BCUT2D eigenvalue weighted by Crippen LogP contribution is 2.21. The monoisotopic (exact) mass is 413 g/mol. The first-order valence-electron chi connectivity index (χ1n) is 10.8. The number of aliphatic imine (C=N–C) groups is 1. The summed E-state index contributed by atoms with van der Waals surface area (Å²) in [5.74, 6) is 1.40. The van der Waals surface area contributed by atoms with Crippen molar-refractivity contribution in [2.24, 2.45) is 4.99 Å². The van der Waals surface area contributed by atoms with Gasteiger partial charge in [-0.3, -0.25) is 4.90 Å². The SMILES string of the molecule is CCNC(=NCc1coc(-c2ccccc2)n1)NCC(C)(C)N1CC(C)OC(C)C1. The molecule has 164 valence electrons. The largest absolute Gasteiger partial charge is 0.444 e. The van der Waals surface area contributed by atoms with Crippen molar-refractivity contribution in [1.29, 1.82) is 0 Å². The van der Waals surface area contributed by atoms with E-state index in [1.165, 1.54) is 0 Å². The Morgan fingerprint density at radius 2 is 1.87 bits per heavy atom. The Morgan fingerprint density at radius 3 is 2.53 bits per heavy atom. The molecule has 3 rings (SSSR count). The molecule has 0 radical (unpaired) electrons. The van der Waals surface area contributed by atoms with Crippen LogP contribution in [-0.2, 0) is 11.3 Å². The van der Waals surface area contributed by atoms with Crippen molar-refractivity contribution in [3.63, 3.8) is 0 Å². The molecule has 0 spiro atoms. The van der Waals surface area contributed by atoms with Crippen LogP contribution in [0.1, 0.15) is 40.3 Å². The minimum absolute atomic E-state index is 0.0170. The summed E-state index contributed by atoms with van der Waals surface area (Å²) in [5.41, 5.74) is 1.76. The zero-order chi connectivity index (χ0) is 21.6. The van der Waals surface area contributed by atoms with Gasteiger partial charge in [-0.25, -0.2) is 9.98 Å². The Hall–Kier alpha value is -2.38. The van der Waals surface area contributed by atoms with E-state index in [-0.39, 0.29) is 17.7 Å². The normalized spacial score (nSPS) is 20.9. The molecule has 1 aromatic heterocycles. The average Bonchev–Trinajstić information content (AvgIpc) is 3.19. The van der Waals surface area contributed by atoms with Crippen LogP contribution in [0.2, 0.25) is 0 Å². The van der Waals surface area contributed by atoms with E-state index >= 15 is 0 Å². The van der Waals surface area contributed by atoms with Crippen LogP contribution < -0.4 is 10.6 Å². The standard InChI is InChI=1S/C23H35N5O2/c1-6-24-22(26-16-23(4,5)28-13-17(2)30-18(3)14-28)25-12-20-15-29-21(27-20)19-10-8-7-9-11-19/h7-11,15,17-18H,6,12-14,16H2,1-5H3,(H2,24,25,26). The maximum absolute atomic E-state index is 5.88. The predicted octanol–water partition coefficient (Wildman–Crippen LogP) is 3.28. The molecule has 1 aliphatic heterocycles. The van der Waals surface area contributed by atoms with Gasteiger partial charge < -0.3 is 19.8 Å². The fourth-order valence-electron chi connectivity index (χ4n) is 3.68. The summed E-state index contributed by atoms with van der Waals surface area (Å²) in [6.45, 7) is 14.8. The van der Waals surface area contributed by atoms with Gasteiger partial charge in [-0.2, -0.15) is 0 Å². The van der Waals surface area contributed by atoms with Crippen molar-refractivity contribution in [3.05, 3.63) is 42.3 Å². The van der Waals surface area contributed by atoms with Crippen LogP contribution in [0.15, 0.2) is 46.0 Å². The number of nitrogens with zero attached hydrogens (tertiary/aromatic N) is 3. The minimum Gasteiger partial charge on any atom is -0.444 e. The van der Waals surface area contributed by atoms with Crippen LogP contribution >= 0.6 is 0 Å². The second-order valence-electron chi connectivity index (χ2n) is 8.53. The Labute approximate surface area is 179 Å². The molecule has 2 atom stereocenters. The number of nitrogens with one attached hydrogen (secondary N) is 2. The van der Waals surface area contributed by atoms with E-state index in [9.17, 15) is 0 Å². The molecule has 30 heavy (non-hydrogen) atoms. The molecule has 2 aromatic rings. The van der Waals surface area contributed by atoms with Crippen molar-refractivity contribution in [3.8, 4) is 11.5 Å². The van der Waals surface area contributed by atoms with Gasteiger partial charge >= 0.3 is 0 Å². The lowest BCUT2D eigenvalue weighted by Gasteiger charge is -2.45. The highest BCUT2D eigenvalue weighted by molar-refractivity contribution is 5.79. The molecule has 0 bridgehead atoms. The van der Waals surface area contributed by atoms with Gasteiger partial charge in [-0.15, -0.1) is 0 Å². The van der Waals surface area contributed by atoms with Gasteiger partial charge in [0.2, 0.25) is 5.89 Å². The zero-order valence-electron chi connectivity index (χ0n) is 18.8. The summed E-state index contributed by atoms with van der Waals surface area (Å²) in [6.07, 6.45) is 2.18. The molecule has 0 amide bonds. The predicted molar refractivity (Wildman–Crippen MR) is 120 cm³/mol. The maximum Gasteiger partial charge on any atom is 0.226 e. The van der Waals surface area contributed by atoms with Crippen LogP contribution in [0.25, 0.3) is 11.5 Å². The van der Waals surface area contributed by atoms with E-state index in [0.29, 0.717) is 12.4 Å². The van der Waals surface area contributed by atoms with E-state index < -0.39 is 0 Å².